The molecule has 0 fully saturated rings. The lowest BCUT2D eigenvalue weighted by Gasteiger charge is -1.93. The van der Waals surface area contributed by atoms with Gasteiger partial charge in [-0.25, -0.2) is 4.39 Å². The van der Waals surface area contributed by atoms with Gasteiger partial charge in [0, 0.05) is 6.07 Å². The third-order valence-electron chi connectivity index (χ3n) is 1.13. The molecule has 3 nitrogen and oxygen atoms in total. The highest BCUT2D eigenvalue weighted by atomic mass is 35.5. The summed E-state index contributed by atoms with van der Waals surface area (Å²) in [5.41, 5.74) is -0.410. The molecule has 1 rings (SSSR count). The summed E-state index contributed by atoms with van der Waals surface area (Å²) < 4.78 is 12.5. The zero-order valence-corrected chi connectivity index (χ0v) is 6.01. The van der Waals surface area contributed by atoms with Gasteiger partial charge in [0.25, 0.3) is 5.69 Å². The summed E-state index contributed by atoms with van der Waals surface area (Å²) in [6.45, 7) is 0. The largest absolute Gasteiger partial charge is 0.290 e. The van der Waals surface area contributed by atoms with Crippen LogP contribution in [0.25, 0.3) is 0 Å². The van der Waals surface area contributed by atoms with Gasteiger partial charge in [0.1, 0.15) is 5.82 Å². The third-order valence-corrected chi connectivity index (χ3v) is 1.50. The van der Waals surface area contributed by atoms with Gasteiger partial charge >= 0.3 is 0 Å². The summed E-state index contributed by atoms with van der Waals surface area (Å²) in [6, 6.07) is 3.44. The first-order valence-electron chi connectivity index (χ1n) is 2.71. The molecule has 0 saturated heterocycles. The van der Waals surface area contributed by atoms with Crippen LogP contribution in [0.2, 0.25) is 5.02 Å². The van der Waals surface area contributed by atoms with E-state index in [1.807, 2.05) is 0 Å². The van der Waals surface area contributed by atoms with Crippen molar-refractivity contribution in [1.29, 1.82) is 0 Å². The Balaban J connectivity index is 3.27. The molecule has 0 aromatic heterocycles. The number of benzene rings is 1. The van der Waals surface area contributed by atoms with E-state index in [-0.39, 0.29) is 0 Å². The van der Waals surface area contributed by atoms with Crippen molar-refractivity contribution < 1.29 is 9.31 Å². The maximum absolute atomic E-state index is 12.5. The minimum atomic E-state index is -0.777. The molecule has 5 heteroatoms. The van der Waals surface area contributed by atoms with Gasteiger partial charge in [-0.3, -0.25) is 10.1 Å². The molecular formula is C6H3ClFNO2. The Morgan fingerprint density at radius 2 is 2.18 bits per heavy atom. The molecule has 58 valence electrons. The van der Waals surface area contributed by atoms with Gasteiger partial charge in [-0.15, -0.1) is 0 Å². The molecule has 0 spiro atoms. The summed E-state index contributed by atoms with van der Waals surface area (Å²) >= 11 is 5.27. The summed E-state index contributed by atoms with van der Waals surface area (Å²) in [5.74, 6) is -0.777. The van der Waals surface area contributed by atoms with Crippen LogP contribution in [-0.2, 0) is 0 Å². The molecule has 0 aliphatic heterocycles. The number of rotatable bonds is 1. The predicted molar refractivity (Wildman–Crippen MR) is 38.1 cm³/mol. The van der Waals surface area contributed by atoms with Crippen LogP contribution in [0.3, 0.4) is 0 Å². The normalized spacial score (nSPS) is 9.64. The molecule has 0 heterocycles. The molecule has 0 saturated carbocycles. The Bertz CT molecular complexity index is 303. The fourth-order valence-electron chi connectivity index (χ4n) is 0.633. The number of halogens is 2. The van der Waals surface area contributed by atoms with Crippen LogP contribution in [-0.4, -0.2) is 4.92 Å². The van der Waals surface area contributed by atoms with Gasteiger partial charge in [0.2, 0.25) is 0 Å². The predicted octanol–water partition coefficient (Wildman–Crippen LogP) is 2.39. The first kappa shape index (κ1) is 7.94. The molecule has 0 amide bonds. The molecular weight excluding hydrogens is 173 g/mol. The average molecular weight is 176 g/mol. The fourth-order valence-corrected chi connectivity index (χ4v) is 0.828. The Morgan fingerprint density at radius 1 is 1.55 bits per heavy atom. The van der Waals surface area contributed by atoms with E-state index in [2.05, 4.69) is 0 Å². The average Bonchev–Trinajstić information content (AvgIpc) is 1.94. The van der Waals surface area contributed by atoms with E-state index in [1.54, 1.807) is 0 Å². The second kappa shape index (κ2) is 2.84. The van der Waals surface area contributed by atoms with Crippen LogP contribution in [0.5, 0.6) is 0 Å². The number of nitrogens with zero attached hydrogens (tertiary/aromatic N) is 1. The highest BCUT2D eigenvalue weighted by Gasteiger charge is 2.14. The molecule has 0 N–H and O–H groups in total. The van der Waals surface area contributed by atoms with E-state index >= 15 is 0 Å². The first-order valence-corrected chi connectivity index (χ1v) is 3.09. The lowest BCUT2D eigenvalue weighted by atomic mass is 10.3. The Morgan fingerprint density at radius 3 is 2.64 bits per heavy atom. The second-order valence-corrected chi connectivity index (χ2v) is 2.21. The number of hydrogen-bond acceptors (Lipinski definition) is 2. The van der Waals surface area contributed by atoms with Crippen LogP contribution in [0.15, 0.2) is 18.2 Å². The molecule has 0 aliphatic carbocycles. The second-order valence-electron chi connectivity index (χ2n) is 1.83. The molecule has 1 aromatic rings. The lowest BCUT2D eigenvalue weighted by molar-refractivity contribution is -0.384. The number of hydrogen-bond donors (Lipinski definition) is 0. The summed E-state index contributed by atoms with van der Waals surface area (Å²) in [6.07, 6.45) is 0. The summed E-state index contributed by atoms with van der Waals surface area (Å²) in [5, 5.41) is 9.68. The fraction of sp³-hybridized carbons (Fsp3) is 0. The van der Waals surface area contributed by atoms with E-state index < -0.39 is 21.5 Å². The maximum Gasteiger partial charge on any atom is 0.290 e. The molecule has 0 atom stereocenters. The van der Waals surface area contributed by atoms with E-state index in [0.717, 1.165) is 12.1 Å². The molecule has 0 bridgehead atoms. The highest BCUT2D eigenvalue weighted by Crippen LogP contribution is 2.25. The zero-order chi connectivity index (χ0) is 8.43. The van der Waals surface area contributed by atoms with Gasteiger partial charge in [-0.1, -0.05) is 17.7 Å². The van der Waals surface area contributed by atoms with E-state index in [1.165, 1.54) is 6.07 Å². The summed E-state index contributed by atoms with van der Waals surface area (Å²) in [4.78, 5) is 9.40. The smallest absolute Gasteiger partial charge is 0.258 e. The van der Waals surface area contributed by atoms with Crippen molar-refractivity contribution in [1.82, 2.24) is 0 Å². The van der Waals surface area contributed by atoms with Gasteiger partial charge in [-0.2, -0.15) is 0 Å². The summed E-state index contributed by atoms with van der Waals surface area (Å²) in [7, 11) is 0. The van der Waals surface area contributed by atoms with Gasteiger partial charge in [0.05, 0.1) is 4.92 Å². The third kappa shape index (κ3) is 1.46. The number of nitro groups is 1. The van der Waals surface area contributed by atoms with Crippen molar-refractivity contribution >= 4 is 17.3 Å². The molecule has 11 heavy (non-hydrogen) atoms. The zero-order valence-electron chi connectivity index (χ0n) is 5.25. The van der Waals surface area contributed by atoms with Gasteiger partial charge in [0.15, 0.2) is 5.02 Å². The van der Waals surface area contributed by atoms with E-state index in [0.29, 0.717) is 0 Å². The Hall–Kier alpha value is -1.16. The maximum atomic E-state index is 12.5. The Labute approximate surface area is 66.6 Å². The van der Waals surface area contributed by atoms with Crippen molar-refractivity contribution in [2.45, 2.75) is 0 Å². The van der Waals surface area contributed by atoms with Gasteiger partial charge in [-0.05, 0) is 6.07 Å². The van der Waals surface area contributed by atoms with E-state index in [4.69, 9.17) is 11.6 Å². The van der Waals surface area contributed by atoms with Crippen LogP contribution in [0, 0.1) is 15.9 Å². The van der Waals surface area contributed by atoms with Gasteiger partial charge < -0.3 is 0 Å². The first-order chi connectivity index (χ1) is 5.13. The SMILES string of the molecule is O=[N+]([O-])c1cccc(F)c1Cl. The minimum Gasteiger partial charge on any atom is -0.258 e. The molecule has 1 aromatic carbocycles. The lowest BCUT2D eigenvalue weighted by Crippen LogP contribution is -1.90. The van der Waals surface area contributed by atoms with Crippen LogP contribution in [0.1, 0.15) is 0 Å². The molecule has 0 aliphatic rings. The quantitative estimate of drug-likeness (QED) is 0.486. The van der Waals surface area contributed by atoms with Crippen molar-refractivity contribution in [3.8, 4) is 0 Å². The highest BCUT2D eigenvalue weighted by molar-refractivity contribution is 6.32. The topological polar surface area (TPSA) is 43.1 Å². The van der Waals surface area contributed by atoms with Crippen molar-refractivity contribution in [2.75, 3.05) is 0 Å². The monoisotopic (exact) mass is 175 g/mol. The minimum absolute atomic E-state index is 0.410. The van der Waals surface area contributed by atoms with Crippen LogP contribution >= 0.6 is 11.6 Å². The van der Waals surface area contributed by atoms with E-state index in [9.17, 15) is 14.5 Å². The van der Waals surface area contributed by atoms with Crippen molar-refractivity contribution in [3.63, 3.8) is 0 Å². The van der Waals surface area contributed by atoms with Crippen LogP contribution in [0.4, 0.5) is 10.1 Å². The van der Waals surface area contributed by atoms with Crippen molar-refractivity contribution in [3.05, 3.63) is 39.2 Å². The van der Waals surface area contributed by atoms with Crippen molar-refractivity contribution in [2.24, 2.45) is 0 Å². The number of nitro benzene ring substituents is 1. The van der Waals surface area contributed by atoms with Crippen LogP contribution < -0.4 is 0 Å². The molecule has 0 unspecified atom stereocenters. The Kier molecular flexibility index (Phi) is 2.05. The standard InChI is InChI=1S/C6H3ClFNO2/c7-6-4(8)2-1-3-5(6)9(10)11/h1-3H. The molecule has 0 radical (unpaired) electrons.